The maximum atomic E-state index is 5.84. The van der Waals surface area contributed by atoms with Crippen molar-refractivity contribution in [3.63, 3.8) is 0 Å². The molecular formula is C14H12Cl2N4O. The van der Waals surface area contributed by atoms with Gasteiger partial charge in [-0.15, -0.1) is 5.10 Å². The minimum Gasteiger partial charge on any atom is -1.00 e. The van der Waals surface area contributed by atoms with Gasteiger partial charge in [-0.3, -0.25) is 0 Å². The highest BCUT2D eigenvalue weighted by Gasteiger charge is 2.08. The van der Waals surface area contributed by atoms with Crippen molar-refractivity contribution in [3.8, 4) is 11.5 Å². The van der Waals surface area contributed by atoms with E-state index in [0.29, 0.717) is 23.5 Å². The fourth-order valence-corrected chi connectivity index (χ4v) is 1.85. The molecule has 0 aliphatic rings. The Morgan fingerprint density at radius 3 is 2.48 bits per heavy atom. The largest absolute Gasteiger partial charge is 1.00 e. The van der Waals surface area contributed by atoms with E-state index in [0.717, 1.165) is 11.1 Å². The predicted molar refractivity (Wildman–Crippen MR) is 75.1 cm³/mol. The summed E-state index contributed by atoms with van der Waals surface area (Å²) in [7, 11) is 0. The number of hydrogen-bond donors (Lipinski definition) is 1. The molecular weight excluding hydrogens is 311 g/mol. The summed E-state index contributed by atoms with van der Waals surface area (Å²) in [5, 5.41) is 11.7. The van der Waals surface area contributed by atoms with Gasteiger partial charge in [-0.25, -0.2) is 4.98 Å². The summed E-state index contributed by atoms with van der Waals surface area (Å²) in [6.07, 6.45) is 3.73. The number of aromatic amines is 1. The van der Waals surface area contributed by atoms with Crippen LogP contribution in [-0.2, 0) is 6.54 Å². The zero-order chi connectivity index (χ0) is 13.8. The number of aromatic nitrogens is 3. The number of benzene rings is 1. The Morgan fingerprint density at radius 2 is 1.76 bits per heavy atom. The third kappa shape index (κ3) is 3.93. The van der Waals surface area contributed by atoms with Crippen LogP contribution in [0.5, 0.6) is 0 Å². The molecule has 0 unspecified atom stereocenters. The highest BCUT2D eigenvalue weighted by molar-refractivity contribution is 6.30. The second-order valence-corrected chi connectivity index (χ2v) is 4.62. The summed E-state index contributed by atoms with van der Waals surface area (Å²) in [6.45, 7) is 0.622. The SMILES string of the molecule is Clc1ccc(-c2nnc(NCc3cc[nH+]cc3)o2)cc1.[Cl-]. The number of anilines is 1. The Bertz CT molecular complexity index is 686. The van der Waals surface area contributed by atoms with Crippen molar-refractivity contribution in [1.29, 1.82) is 0 Å². The summed E-state index contributed by atoms with van der Waals surface area (Å²) in [4.78, 5) is 2.97. The van der Waals surface area contributed by atoms with Crippen LogP contribution in [0.4, 0.5) is 6.01 Å². The number of rotatable bonds is 4. The molecule has 0 saturated carbocycles. The quantitative estimate of drug-likeness (QED) is 0.723. The summed E-state index contributed by atoms with van der Waals surface area (Å²) in [5.74, 6) is 0.463. The minimum absolute atomic E-state index is 0. The molecule has 5 nitrogen and oxygen atoms in total. The van der Waals surface area contributed by atoms with E-state index < -0.39 is 0 Å². The van der Waals surface area contributed by atoms with Crippen LogP contribution in [0.1, 0.15) is 5.56 Å². The summed E-state index contributed by atoms with van der Waals surface area (Å²) in [6, 6.07) is 11.6. The average Bonchev–Trinajstić information content (AvgIpc) is 2.96. The number of halogens is 2. The second-order valence-electron chi connectivity index (χ2n) is 4.18. The van der Waals surface area contributed by atoms with E-state index >= 15 is 0 Å². The summed E-state index contributed by atoms with van der Waals surface area (Å²) < 4.78 is 5.55. The average molecular weight is 323 g/mol. The van der Waals surface area contributed by atoms with Crippen LogP contribution >= 0.6 is 11.6 Å². The Hall–Kier alpha value is -2.11. The number of nitrogens with one attached hydrogen (secondary N) is 2. The van der Waals surface area contributed by atoms with Gasteiger partial charge in [0.1, 0.15) is 0 Å². The fraction of sp³-hybridized carbons (Fsp3) is 0.0714. The van der Waals surface area contributed by atoms with E-state index in [1.54, 1.807) is 12.1 Å². The lowest BCUT2D eigenvalue weighted by Crippen LogP contribution is -3.00. The Balaban J connectivity index is 0.00000161. The van der Waals surface area contributed by atoms with E-state index in [1.807, 2.05) is 36.7 Å². The maximum Gasteiger partial charge on any atom is 0.316 e. The Labute approximate surface area is 132 Å². The Kier molecular flexibility index (Phi) is 5.14. The number of hydrogen-bond acceptors (Lipinski definition) is 4. The summed E-state index contributed by atoms with van der Waals surface area (Å²) in [5.41, 5.74) is 1.96. The van der Waals surface area contributed by atoms with Gasteiger partial charge in [-0.05, 0) is 29.8 Å². The van der Waals surface area contributed by atoms with Crippen LogP contribution in [0, 0.1) is 0 Å². The van der Waals surface area contributed by atoms with Crippen molar-refractivity contribution in [1.82, 2.24) is 10.2 Å². The minimum atomic E-state index is 0. The van der Waals surface area contributed by atoms with Gasteiger partial charge in [-0.1, -0.05) is 16.7 Å². The second kappa shape index (κ2) is 7.06. The van der Waals surface area contributed by atoms with Gasteiger partial charge in [0, 0.05) is 29.3 Å². The zero-order valence-electron chi connectivity index (χ0n) is 10.9. The van der Waals surface area contributed by atoms with Crippen LogP contribution < -0.4 is 22.7 Å². The number of H-pyrrole nitrogens is 1. The molecule has 3 rings (SSSR count). The lowest BCUT2D eigenvalue weighted by atomic mass is 10.2. The summed E-state index contributed by atoms with van der Waals surface area (Å²) >= 11 is 5.84. The first-order valence-corrected chi connectivity index (χ1v) is 6.47. The molecule has 0 fully saturated rings. The molecule has 0 aliphatic carbocycles. The topological polar surface area (TPSA) is 65.1 Å². The third-order valence-corrected chi connectivity index (χ3v) is 3.00. The zero-order valence-corrected chi connectivity index (χ0v) is 12.4. The van der Waals surface area contributed by atoms with Crippen molar-refractivity contribution in [2.24, 2.45) is 0 Å². The molecule has 2 heterocycles. The molecule has 0 atom stereocenters. The predicted octanol–water partition coefficient (Wildman–Crippen LogP) is -0.180. The Morgan fingerprint density at radius 1 is 1.05 bits per heavy atom. The molecule has 7 heteroatoms. The van der Waals surface area contributed by atoms with Crippen LogP contribution in [0.15, 0.2) is 53.2 Å². The van der Waals surface area contributed by atoms with Gasteiger partial charge in [0.15, 0.2) is 12.4 Å². The fourth-order valence-electron chi connectivity index (χ4n) is 1.72. The molecule has 2 N–H and O–H groups in total. The van der Waals surface area contributed by atoms with Gasteiger partial charge in [0.2, 0.25) is 5.89 Å². The molecule has 0 amide bonds. The maximum absolute atomic E-state index is 5.84. The molecule has 21 heavy (non-hydrogen) atoms. The van der Waals surface area contributed by atoms with Crippen molar-refractivity contribution in [2.75, 3.05) is 5.32 Å². The standard InChI is InChI=1S/C14H11ClN4O.ClH/c15-12-3-1-11(2-4-12)13-18-19-14(20-13)17-9-10-5-7-16-8-6-10;/h1-8H,9H2,(H,17,19);1H. The highest BCUT2D eigenvalue weighted by Crippen LogP contribution is 2.21. The lowest BCUT2D eigenvalue weighted by molar-refractivity contribution is -0.378. The normalized spacial score (nSPS) is 9.95. The van der Waals surface area contributed by atoms with Crippen molar-refractivity contribution in [3.05, 3.63) is 59.4 Å². The lowest BCUT2D eigenvalue weighted by Gasteiger charge is -1.99. The molecule has 0 radical (unpaired) electrons. The molecule has 0 saturated heterocycles. The number of nitrogens with zero attached hydrogens (tertiary/aromatic N) is 2. The smallest absolute Gasteiger partial charge is 0.316 e. The molecule has 0 aliphatic heterocycles. The van der Waals surface area contributed by atoms with Crippen molar-refractivity contribution in [2.45, 2.75) is 6.54 Å². The van der Waals surface area contributed by atoms with Gasteiger partial charge < -0.3 is 22.1 Å². The van der Waals surface area contributed by atoms with E-state index in [-0.39, 0.29) is 12.4 Å². The monoisotopic (exact) mass is 322 g/mol. The van der Waals surface area contributed by atoms with Crippen LogP contribution in [0.3, 0.4) is 0 Å². The molecule has 3 aromatic rings. The van der Waals surface area contributed by atoms with Crippen LogP contribution in [-0.4, -0.2) is 10.2 Å². The molecule has 0 spiro atoms. The van der Waals surface area contributed by atoms with Crippen molar-refractivity contribution >= 4 is 17.6 Å². The highest BCUT2D eigenvalue weighted by atomic mass is 35.5. The molecule has 2 aromatic heterocycles. The first kappa shape index (κ1) is 15.3. The van der Waals surface area contributed by atoms with E-state index in [9.17, 15) is 0 Å². The molecule has 0 bridgehead atoms. The van der Waals surface area contributed by atoms with E-state index in [1.165, 1.54) is 0 Å². The van der Waals surface area contributed by atoms with Gasteiger partial charge in [0.25, 0.3) is 0 Å². The first-order valence-electron chi connectivity index (χ1n) is 6.09. The van der Waals surface area contributed by atoms with E-state index in [4.69, 9.17) is 16.0 Å². The third-order valence-electron chi connectivity index (χ3n) is 2.75. The first-order chi connectivity index (χ1) is 9.81. The van der Waals surface area contributed by atoms with Crippen LogP contribution in [0.25, 0.3) is 11.5 Å². The van der Waals surface area contributed by atoms with Gasteiger partial charge in [0.05, 0.1) is 0 Å². The molecule has 108 valence electrons. The van der Waals surface area contributed by atoms with Crippen molar-refractivity contribution < 1.29 is 21.8 Å². The van der Waals surface area contributed by atoms with Gasteiger partial charge in [-0.2, -0.15) is 0 Å². The van der Waals surface area contributed by atoms with E-state index in [2.05, 4.69) is 20.5 Å². The van der Waals surface area contributed by atoms with Crippen LogP contribution in [0.2, 0.25) is 5.02 Å². The molecule has 1 aromatic carbocycles. The van der Waals surface area contributed by atoms with Gasteiger partial charge >= 0.3 is 6.01 Å². The number of pyridine rings is 1.